The van der Waals surface area contributed by atoms with Crippen molar-refractivity contribution in [3.63, 3.8) is 0 Å². The minimum atomic E-state index is -0.570. The van der Waals surface area contributed by atoms with Gasteiger partial charge in [0.1, 0.15) is 5.78 Å². The van der Waals surface area contributed by atoms with Crippen molar-refractivity contribution < 1.29 is 15.0 Å². The molecule has 6 rings (SSSR count). The summed E-state index contributed by atoms with van der Waals surface area (Å²) in [5.41, 5.74) is -0.482. The third-order valence-electron chi connectivity index (χ3n) is 11.8. The Morgan fingerprint density at radius 2 is 1.71 bits per heavy atom. The molecule has 0 amide bonds. The maximum absolute atomic E-state index is 13.2. The predicted molar refractivity (Wildman–Crippen MR) is 120 cm³/mol. The zero-order valence-electron chi connectivity index (χ0n) is 19.8. The van der Waals surface area contributed by atoms with E-state index in [4.69, 9.17) is 0 Å². The van der Waals surface area contributed by atoms with Gasteiger partial charge in [-0.25, -0.2) is 0 Å². The third-order valence-corrected chi connectivity index (χ3v) is 11.8. The number of carbonyl (C=O) groups excluding carboxylic acids is 1. The van der Waals surface area contributed by atoms with Gasteiger partial charge >= 0.3 is 0 Å². The zero-order chi connectivity index (χ0) is 21.7. The van der Waals surface area contributed by atoms with Gasteiger partial charge in [-0.2, -0.15) is 0 Å². The number of carbonyl (C=O) groups is 1. The van der Waals surface area contributed by atoms with Crippen molar-refractivity contribution in [2.24, 2.45) is 52.8 Å². The van der Waals surface area contributed by atoms with Gasteiger partial charge in [0.05, 0.1) is 11.7 Å². The summed E-state index contributed by atoms with van der Waals surface area (Å²) in [5.74, 6) is 4.82. The van der Waals surface area contributed by atoms with Crippen molar-refractivity contribution in [3.05, 3.63) is 0 Å². The first-order valence-corrected chi connectivity index (χ1v) is 13.4. The van der Waals surface area contributed by atoms with Gasteiger partial charge in [0.25, 0.3) is 0 Å². The van der Waals surface area contributed by atoms with Crippen LogP contribution in [0.1, 0.15) is 78.6 Å². The molecule has 0 aromatic carbocycles. The molecule has 2 unspecified atom stereocenters. The first-order chi connectivity index (χ1) is 14.7. The predicted octanol–water partition coefficient (Wildman–Crippen LogP) is 3.89. The number of aliphatic hydroxyl groups is 2. The molecule has 174 valence electrons. The quantitative estimate of drug-likeness (QED) is 0.613. The molecule has 0 aromatic heterocycles. The summed E-state index contributed by atoms with van der Waals surface area (Å²) < 4.78 is 0. The van der Waals surface area contributed by atoms with Gasteiger partial charge in [0.2, 0.25) is 0 Å². The molecule has 6 aliphatic rings. The number of piperidine rings is 2. The number of rotatable bonds is 0. The van der Waals surface area contributed by atoms with Crippen LogP contribution in [0.3, 0.4) is 0 Å². The van der Waals surface area contributed by atoms with E-state index >= 15 is 0 Å². The van der Waals surface area contributed by atoms with Gasteiger partial charge < -0.3 is 10.2 Å². The summed E-state index contributed by atoms with van der Waals surface area (Å²) in [6, 6.07) is 0.341. The van der Waals surface area contributed by atoms with Crippen LogP contribution in [0.25, 0.3) is 0 Å². The van der Waals surface area contributed by atoms with Gasteiger partial charge in [0, 0.05) is 31.5 Å². The van der Waals surface area contributed by atoms with Crippen LogP contribution >= 0.6 is 0 Å². The van der Waals surface area contributed by atoms with Gasteiger partial charge in [-0.15, -0.1) is 0 Å². The van der Waals surface area contributed by atoms with Crippen LogP contribution in [0.15, 0.2) is 0 Å². The molecule has 12 atom stereocenters. The van der Waals surface area contributed by atoms with Crippen LogP contribution in [0, 0.1) is 52.8 Å². The molecule has 2 saturated heterocycles. The molecule has 0 spiro atoms. The third kappa shape index (κ3) is 2.93. The summed E-state index contributed by atoms with van der Waals surface area (Å²) >= 11 is 0. The topological polar surface area (TPSA) is 60.8 Å². The summed E-state index contributed by atoms with van der Waals surface area (Å²) in [6.45, 7) is 9.23. The van der Waals surface area contributed by atoms with E-state index in [1.807, 2.05) is 0 Å². The highest BCUT2D eigenvalue weighted by Crippen LogP contribution is 2.66. The molecular formula is C27H43NO3. The van der Waals surface area contributed by atoms with Crippen LogP contribution in [0.2, 0.25) is 0 Å². The molecule has 31 heavy (non-hydrogen) atoms. The van der Waals surface area contributed by atoms with Gasteiger partial charge in [-0.1, -0.05) is 13.8 Å². The van der Waals surface area contributed by atoms with Crippen LogP contribution in [-0.2, 0) is 4.79 Å². The highest BCUT2D eigenvalue weighted by Gasteiger charge is 2.64. The maximum atomic E-state index is 13.2. The lowest BCUT2D eigenvalue weighted by Crippen LogP contribution is -2.67. The maximum Gasteiger partial charge on any atom is 0.136 e. The van der Waals surface area contributed by atoms with Crippen LogP contribution in [0.4, 0.5) is 0 Å². The summed E-state index contributed by atoms with van der Waals surface area (Å²) in [5, 5.41) is 22.1. The standard InChI is InChI=1S/C27H43NO3/c1-15-4-7-25-27(3,31)21-6-5-17-18(20(21)14-28(25)13-15)11-22-19(17)12-24(30)23-10-16(29)8-9-26(22,23)2/h15-23,25,29,31H,4-14H2,1-3H3/t15-,16-,17?,18+,19-,20-,21-,22?,23+,25-,26+,27-/m0/s1. The Hall–Kier alpha value is -0.450. The first kappa shape index (κ1) is 21.1. The molecule has 2 aliphatic heterocycles. The number of aliphatic hydroxyl groups excluding tert-OH is 1. The molecule has 0 aromatic rings. The molecule has 0 bridgehead atoms. The summed E-state index contributed by atoms with van der Waals surface area (Å²) in [7, 11) is 0. The second-order valence-corrected chi connectivity index (χ2v) is 13.2. The average molecular weight is 430 g/mol. The normalized spacial score (nSPS) is 59.2. The van der Waals surface area contributed by atoms with Crippen molar-refractivity contribution in [2.45, 2.75) is 96.3 Å². The summed E-state index contributed by atoms with van der Waals surface area (Å²) in [6.07, 6.45) is 9.08. The monoisotopic (exact) mass is 429 g/mol. The number of Topliss-reactive ketones (excluding diaryl/α,β-unsaturated/α-hetero) is 1. The molecule has 2 heterocycles. The van der Waals surface area contributed by atoms with E-state index in [9.17, 15) is 15.0 Å². The Morgan fingerprint density at radius 3 is 2.52 bits per heavy atom. The lowest BCUT2D eigenvalue weighted by molar-refractivity contribution is -0.175. The molecule has 4 nitrogen and oxygen atoms in total. The Balaban J connectivity index is 1.31. The molecule has 4 heteroatoms. The Kier molecular flexibility index (Phi) is 4.78. The molecular weight excluding hydrogens is 386 g/mol. The lowest BCUT2D eigenvalue weighted by atomic mass is 9.51. The van der Waals surface area contributed by atoms with E-state index in [1.165, 1.54) is 25.8 Å². The fourth-order valence-corrected chi connectivity index (χ4v) is 10.4. The van der Waals surface area contributed by atoms with Gasteiger partial charge in [-0.3, -0.25) is 9.69 Å². The molecule has 6 fully saturated rings. The number of ketones is 1. The minimum Gasteiger partial charge on any atom is -0.393 e. The Morgan fingerprint density at radius 1 is 0.903 bits per heavy atom. The highest BCUT2D eigenvalue weighted by atomic mass is 16.3. The van der Waals surface area contributed by atoms with E-state index < -0.39 is 5.60 Å². The smallest absolute Gasteiger partial charge is 0.136 e. The lowest BCUT2D eigenvalue weighted by Gasteiger charge is -2.59. The van der Waals surface area contributed by atoms with Crippen LogP contribution < -0.4 is 0 Å². The van der Waals surface area contributed by atoms with Crippen molar-refractivity contribution in [1.82, 2.24) is 4.90 Å². The Bertz CT molecular complexity index is 751. The second-order valence-electron chi connectivity index (χ2n) is 13.2. The van der Waals surface area contributed by atoms with E-state index in [0.717, 1.165) is 44.6 Å². The largest absolute Gasteiger partial charge is 0.393 e. The highest BCUT2D eigenvalue weighted by molar-refractivity contribution is 5.83. The summed E-state index contributed by atoms with van der Waals surface area (Å²) in [4.78, 5) is 15.9. The Labute approximate surface area is 188 Å². The van der Waals surface area contributed by atoms with Crippen molar-refractivity contribution in [3.8, 4) is 0 Å². The molecule has 0 radical (unpaired) electrons. The van der Waals surface area contributed by atoms with Crippen molar-refractivity contribution in [1.29, 1.82) is 0 Å². The number of nitrogens with zero attached hydrogens (tertiary/aromatic N) is 1. The van der Waals surface area contributed by atoms with Crippen molar-refractivity contribution >= 4 is 5.78 Å². The fourth-order valence-electron chi connectivity index (χ4n) is 10.4. The average Bonchev–Trinajstić information content (AvgIpc) is 3.09. The van der Waals surface area contributed by atoms with Gasteiger partial charge in [0.15, 0.2) is 0 Å². The van der Waals surface area contributed by atoms with Crippen molar-refractivity contribution in [2.75, 3.05) is 13.1 Å². The van der Waals surface area contributed by atoms with E-state index in [2.05, 4.69) is 25.7 Å². The van der Waals surface area contributed by atoms with E-state index in [0.29, 0.717) is 53.8 Å². The van der Waals surface area contributed by atoms with Crippen LogP contribution in [-0.4, -0.2) is 51.7 Å². The fraction of sp³-hybridized carbons (Fsp3) is 0.963. The number of hydrogen-bond donors (Lipinski definition) is 2. The second kappa shape index (κ2) is 7.03. The van der Waals surface area contributed by atoms with Crippen LogP contribution in [0.5, 0.6) is 0 Å². The first-order valence-electron chi connectivity index (χ1n) is 13.4. The van der Waals surface area contributed by atoms with E-state index in [-0.39, 0.29) is 17.4 Å². The van der Waals surface area contributed by atoms with E-state index in [1.54, 1.807) is 0 Å². The molecule has 2 N–H and O–H groups in total. The van der Waals surface area contributed by atoms with Gasteiger partial charge in [-0.05, 0) is 105 Å². The SMILES string of the molecule is C[C@H]1CC[C@@H]2N(C1)C[C@H]1[C@@H]3CC4[C@@H](CC(=O)[C@H]5C[C@@H](O)CC[C@]45C)C3CC[C@@H]1[C@]2(C)O. The zero-order valence-corrected chi connectivity index (χ0v) is 19.8. The molecule has 4 saturated carbocycles. The molecule has 4 aliphatic carbocycles. The number of fused-ring (bicyclic) bond motifs is 8. The number of hydrogen-bond acceptors (Lipinski definition) is 4. The minimum absolute atomic E-state index is 0.0789.